The average Bonchev–Trinajstić information content (AvgIpc) is 2.71. The van der Waals surface area contributed by atoms with E-state index in [0.717, 1.165) is 22.7 Å². The lowest BCUT2D eigenvalue weighted by Gasteiger charge is -1.99. The Labute approximate surface area is 87.7 Å². The van der Waals surface area contributed by atoms with Crippen molar-refractivity contribution in [3.05, 3.63) is 42.7 Å². The monoisotopic (exact) mass is 201 g/mol. The van der Waals surface area contributed by atoms with Gasteiger partial charge in [-0.3, -0.25) is 0 Å². The van der Waals surface area contributed by atoms with Crippen LogP contribution in [0.4, 0.5) is 0 Å². The topological polar surface area (TPSA) is 51.8 Å². The second-order valence-electron chi connectivity index (χ2n) is 3.41. The van der Waals surface area contributed by atoms with Gasteiger partial charge in [0.05, 0.1) is 0 Å². The fourth-order valence-corrected chi connectivity index (χ4v) is 1.21. The number of aromatic nitrogens is 3. The lowest BCUT2D eigenvalue weighted by molar-refractivity contribution is 0.422. The molecule has 0 unspecified atom stereocenters. The van der Waals surface area contributed by atoms with Crippen LogP contribution in [-0.4, -0.2) is 15.1 Å². The maximum atomic E-state index is 4.74. The molecule has 0 amide bonds. The smallest absolute Gasteiger partial charge is 0.132 e. The molecule has 2 rings (SSSR count). The first-order chi connectivity index (χ1) is 7.25. The van der Waals surface area contributed by atoms with Gasteiger partial charge in [0.2, 0.25) is 0 Å². The van der Waals surface area contributed by atoms with Crippen LogP contribution in [0, 0.1) is 0 Å². The van der Waals surface area contributed by atoms with Gasteiger partial charge in [0.25, 0.3) is 0 Å². The van der Waals surface area contributed by atoms with Gasteiger partial charge in [0.15, 0.2) is 0 Å². The Hall–Kier alpha value is -1.97. The van der Waals surface area contributed by atoms with Crippen LogP contribution < -0.4 is 0 Å². The van der Waals surface area contributed by atoms with Gasteiger partial charge in [-0.2, -0.15) is 0 Å². The highest BCUT2D eigenvalue weighted by molar-refractivity contribution is 5.55. The number of hydrogen-bond acceptors (Lipinski definition) is 4. The van der Waals surface area contributed by atoms with Crippen molar-refractivity contribution in [2.45, 2.75) is 13.3 Å². The molecule has 0 radical (unpaired) electrons. The molecule has 0 aliphatic rings. The summed E-state index contributed by atoms with van der Waals surface area (Å²) >= 11 is 0. The number of hydrogen-bond donors (Lipinski definition) is 0. The molecule has 0 saturated carbocycles. The third kappa shape index (κ3) is 2.28. The molecule has 0 fully saturated rings. The van der Waals surface area contributed by atoms with Crippen LogP contribution in [0.5, 0.6) is 0 Å². The standard InChI is InChI=1S/C11H11N3O/c1-8(2)5-11-12-6-9(7-13-11)10-3-4-15-14-10/h3-4,6-7H,1,5H2,2H3. The van der Waals surface area contributed by atoms with Crippen molar-refractivity contribution in [3.8, 4) is 11.3 Å². The van der Waals surface area contributed by atoms with Gasteiger partial charge in [0.1, 0.15) is 17.8 Å². The predicted molar refractivity (Wildman–Crippen MR) is 56.0 cm³/mol. The Kier molecular flexibility index (Phi) is 2.58. The van der Waals surface area contributed by atoms with Gasteiger partial charge in [-0.1, -0.05) is 17.3 Å². The zero-order chi connectivity index (χ0) is 10.7. The SMILES string of the molecule is C=C(C)Cc1ncc(-c2ccon2)cn1. The Bertz CT molecular complexity index is 445. The van der Waals surface area contributed by atoms with Crippen molar-refractivity contribution in [1.82, 2.24) is 15.1 Å². The summed E-state index contributed by atoms with van der Waals surface area (Å²) in [6.45, 7) is 5.77. The predicted octanol–water partition coefficient (Wildman–Crippen LogP) is 2.25. The zero-order valence-corrected chi connectivity index (χ0v) is 8.47. The third-order valence-electron chi connectivity index (χ3n) is 1.90. The van der Waals surface area contributed by atoms with Crippen LogP contribution in [0.2, 0.25) is 0 Å². The normalized spacial score (nSPS) is 10.2. The van der Waals surface area contributed by atoms with Crippen LogP contribution >= 0.6 is 0 Å². The molecule has 4 nitrogen and oxygen atoms in total. The van der Waals surface area contributed by atoms with Gasteiger partial charge >= 0.3 is 0 Å². The molecule has 0 spiro atoms. The van der Waals surface area contributed by atoms with E-state index in [1.807, 2.05) is 6.92 Å². The highest BCUT2D eigenvalue weighted by atomic mass is 16.5. The Morgan fingerprint density at radius 1 is 1.40 bits per heavy atom. The lowest BCUT2D eigenvalue weighted by atomic mass is 10.2. The molecule has 76 valence electrons. The second-order valence-corrected chi connectivity index (χ2v) is 3.41. The molecule has 0 saturated heterocycles. The van der Waals surface area contributed by atoms with Crippen molar-refractivity contribution >= 4 is 0 Å². The van der Waals surface area contributed by atoms with Gasteiger partial charge in [-0.25, -0.2) is 9.97 Å². The molecular formula is C11H11N3O. The average molecular weight is 201 g/mol. The summed E-state index contributed by atoms with van der Waals surface area (Å²) in [5, 5.41) is 3.80. The molecule has 0 bridgehead atoms. The van der Waals surface area contributed by atoms with E-state index < -0.39 is 0 Å². The number of allylic oxidation sites excluding steroid dienone is 1. The van der Waals surface area contributed by atoms with Crippen LogP contribution in [0.25, 0.3) is 11.3 Å². The third-order valence-corrected chi connectivity index (χ3v) is 1.90. The molecule has 0 aliphatic heterocycles. The molecule has 0 aromatic carbocycles. The van der Waals surface area contributed by atoms with Gasteiger partial charge < -0.3 is 4.52 Å². The minimum Gasteiger partial charge on any atom is -0.364 e. The molecule has 0 N–H and O–H groups in total. The van der Waals surface area contributed by atoms with E-state index in [0.29, 0.717) is 6.42 Å². The van der Waals surface area contributed by atoms with E-state index in [1.54, 1.807) is 18.5 Å². The van der Waals surface area contributed by atoms with Crippen molar-refractivity contribution in [2.24, 2.45) is 0 Å². The summed E-state index contributed by atoms with van der Waals surface area (Å²) in [6.07, 6.45) is 5.71. The first kappa shape index (κ1) is 9.58. The van der Waals surface area contributed by atoms with Crippen LogP contribution in [0.3, 0.4) is 0 Å². The summed E-state index contributed by atoms with van der Waals surface area (Å²) in [5.41, 5.74) is 2.65. The molecule has 15 heavy (non-hydrogen) atoms. The van der Waals surface area contributed by atoms with Crippen LogP contribution in [-0.2, 0) is 6.42 Å². The summed E-state index contributed by atoms with van der Waals surface area (Å²) in [4.78, 5) is 8.44. The minimum atomic E-state index is 0.707. The number of rotatable bonds is 3. The highest BCUT2D eigenvalue weighted by Gasteiger charge is 2.02. The van der Waals surface area contributed by atoms with Crippen molar-refractivity contribution < 1.29 is 4.52 Å². The van der Waals surface area contributed by atoms with Crippen LogP contribution in [0.1, 0.15) is 12.7 Å². The van der Waals surface area contributed by atoms with Crippen molar-refractivity contribution in [1.29, 1.82) is 0 Å². The molecule has 0 atom stereocenters. The van der Waals surface area contributed by atoms with E-state index >= 15 is 0 Å². The van der Waals surface area contributed by atoms with Gasteiger partial charge in [0, 0.05) is 30.4 Å². The second kappa shape index (κ2) is 4.04. The summed E-state index contributed by atoms with van der Waals surface area (Å²) < 4.78 is 4.74. The molecular weight excluding hydrogens is 190 g/mol. The molecule has 2 aromatic rings. The van der Waals surface area contributed by atoms with E-state index in [2.05, 4.69) is 21.7 Å². The minimum absolute atomic E-state index is 0.707. The Morgan fingerprint density at radius 2 is 2.13 bits per heavy atom. The zero-order valence-electron chi connectivity index (χ0n) is 8.47. The quantitative estimate of drug-likeness (QED) is 0.714. The van der Waals surface area contributed by atoms with Crippen LogP contribution in [0.15, 0.2) is 41.4 Å². The Morgan fingerprint density at radius 3 is 2.67 bits per heavy atom. The van der Waals surface area contributed by atoms with E-state index in [9.17, 15) is 0 Å². The maximum absolute atomic E-state index is 4.74. The first-order valence-electron chi connectivity index (χ1n) is 4.62. The van der Waals surface area contributed by atoms with E-state index in [4.69, 9.17) is 4.52 Å². The van der Waals surface area contributed by atoms with Crippen molar-refractivity contribution in [3.63, 3.8) is 0 Å². The fourth-order valence-electron chi connectivity index (χ4n) is 1.21. The summed E-state index contributed by atoms with van der Waals surface area (Å²) in [5.74, 6) is 0.773. The molecule has 0 aliphatic carbocycles. The highest BCUT2D eigenvalue weighted by Crippen LogP contribution is 2.14. The van der Waals surface area contributed by atoms with E-state index in [-0.39, 0.29) is 0 Å². The summed E-state index contributed by atoms with van der Waals surface area (Å²) in [7, 11) is 0. The molecule has 2 aromatic heterocycles. The van der Waals surface area contributed by atoms with Crippen molar-refractivity contribution in [2.75, 3.05) is 0 Å². The molecule has 4 heteroatoms. The number of nitrogens with zero attached hydrogens (tertiary/aromatic N) is 3. The fraction of sp³-hybridized carbons (Fsp3) is 0.182. The molecule has 2 heterocycles. The summed E-state index contributed by atoms with van der Waals surface area (Å²) in [6, 6.07) is 1.77. The maximum Gasteiger partial charge on any atom is 0.132 e. The van der Waals surface area contributed by atoms with E-state index in [1.165, 1.54) is 6.26 Å². The van der Waals surface area contributed by atoms with Gasteiger partial charge in [-0.05, 0) is 6.92 Å². The lowest BCUT2D eigenvalue weighted by Crippen LogP contribution is -1.95. The van der Waals surface area contributed by atoms with Gasteiger partial charge in [-0.15, -0.1) is 0 Å². The largest absolute Gasteiger partial charge is 0.364 e. The first-order valence-corrected chi connectivity index (χ1v) is 4.62. The Balaban J connectivity index is 2.21.